The highest BCUT2D eigenvalue weighted by Gasteiger charge is 2.09. The van der Waals surface area contributed by atoms with E-state index in [-0.39, 0.29) is 6.61 Å². The Balaban J connectivity index is 1.93. The van der Waals surface area contributed by atoms with Crippen molar-refractivity contribution in [2.75, 3.05) is 30.0 Å². The first-order chi connectivity index (χ1) is 12.8. The molecular formula is C19H21N5OS. The zero-order chi connectivity index (χ0) is 18.2. The number of nitrogens with zero attached hydrogens (tertiary/aromatic N) is 3. The molecule has 3 aromatic rings. The van der Waals surface area contributed by atoms with Crippen LogP contribution in [0.1, 0.15) is 6.42 Å². The zero-order valence-electron chi connectivity index (χ0n) is 14.5. The van der Waals surface area contributed by atoms with Gasteiger partial charge in [0.1, 0.15) is 5.82 Å². The number of thioether (sulfide) groups is 1. The minimum atomic E-state index is 0.128. The van der Waals surface area contributed by atoms with Gasteiger partial charge < -0.3 is 15.7 Å². The molecule has 2 heterocycles. The van der Waals surface area contributed by atoms with E-state index >= 15 is 0 Å². The topological polar surface area (TPSA) is 83.0 Å². The third kappa shape index (κ3) is 4.71. The van der Waals surface area contributed by atoms with Crippen molar-refractivity contribution in [1.82, 2.24) is 15.0 Å². The minimum absolute atomic E-state index is 0.128. The molecule has 0 spiro atoms. The maximum Gasteiger partial charge on any atom is 0.225 e. The second kappa shape index (κ2) is 9.17. The van der Waals surface area contributed by atoms with Crippen LogP contribution in [0.25, 0.3) is 11.3 Å². The summed E-state index contributed by atoms with van der Waals surface area (Å²) >= 11 is 1.68. The van der Waals surface area contributed by atoms with Gasteiger partial charge in [0.2, 0.25) is 5.95 Å². The van der Waals surface area contributed by atoms with E-state index in [1.807, 2.05) is 42.7 Å². The molecule has 134 valence electrons. The number of aromatic nitrogens is 3. The molecule has 0 amide bonds. The van der Waals surface area contributed by atoms with Crippen LogP contribution in [0.3, 0.4) is 0 Å². The Morgan fingerprint density at radius 3 is 2.65 bits per heavy atom. The van der Waals surface area contributed by atoms with Crippen LogP contribution in [0.15, 0.2) is 59.8 Å². The molecule has 0 saturated carbocycles. The number of pyridine rings is 1. The van der Waals surface area contributed by atoms with E-state index in [0.29, 0.717) is 24.7 Å². The standard InChI is InChI=1S/C19H21N5OS/c1-26-17-6-3-2-5-15(17)22-18-13-16(14-7-10-20-11-8-14)23-19(24-18)21-9-4-12-25/h2-3,5-8,10-11,13,25H,4,9,12H2,1H3,(H2,21,22,23,24). The minimum Gasteiger partial charge on any atom is -0.396 e. The largest absolute Gasteiger partial charge is 0.396 e. The third-order valence-electron chi connectivity index (χ3n) is 3.69. The van der Waals surface area contributed by atoms with Crippen LogP contribution >= 0.6 is 11.8 Å². The summed E-state index contributed by atoms with van der Waals surface area (Å²) in [5, 5.41) is 15.5. The SMILES string of the molecule is CSc1ccccc1Nc1cc(-c2ccncc2)nc(NCCCO)n1. The Labute approximate surface area is 157 Å². The van der Waals surface area contributed by atoms with Gasteiger partial charge in [0, 0.05) is 42.1 Å². The number of aliphatic hydroxyl groups excluding tert-OH is 1. The molecule has 0 bridgehead atoms. The first kappa shape index (κ1) is 18.2. The molecular weight excluding hydrogens is 346 g/mol. The maximum atomic E-state index is 8.98. The summed E-state index contributed by atoms with van der Waals surface area (Å²) in [5.41, 5.74) is 2.77. The summed E-state index contributed by atoms with van der Waals surface area (Å²) < 4.78 is 0. The van der Waals surface area contributed by atoms with Gasteiger partial charge in [-0.1, -0.05) is 12.1 Å². The van der Waals surface area contributed by atoms with Crippen LogP contribution in [0.2, 0.25) is 0 Å². The van der Waals surface area contributed by atoms with Gasteiger partial charge in [-0.2, -0.15) is 4.98 Å². The summed E-state index contributed by atoms with van der Waals surface area (Å²) in [7, 11) is 0. The lowest BCUT2D eigenvalue weighted by Gasteiger charge is -2.13. The van der Waals surface area contributed by atoms with Crippen LogP contribution in [0.5, 0.6) is 0 Å². The van der Waals surface area contributed by atoms with Crippen LogP contribution in [0, 0.1) is 0 Å². The van der Waals surface area contributed by atoms with E-state index in [1.165, 1.54) is 0 Å². The fourth-order valence-electron chi connectivity index (χ4n) is 2.43. The van der Waals surface area contributed by atoms with Crippen molar-refractivity contribution in [2.45, 2.75) is 11.3 Å². The fourth-order valence-corrected chi connectivity index (χ4v) is 2.98. The molecule has 7 heteroatoms. The second-order valence-corrected chi connectivity index (χ2v) is 6.38. The van der Waals surface area contributed by atoms with Gasteiger partial charge in [-0.15, -0.1) is 11.8 Å². The van der Waals surface area contributed by atoms with Crippen molar-refractivity contribution in [3.8, 4) is 11.3 Å². The van der Waals surface area contributed by atoms with Gasteiger partial charge in [-0.3, -0.25) is 4.98 Å². The summed E-state index contributed by atoms with van der Waals surface area (Å²) in [6, 6.07) is 13.9. The molecule has 0 saturated heterocycles. The predicted molar refractivity (Wildman–Crippen MR) is 107 cm³/mol. The van der Waals surface area contributed by atoms with E-state index in [2.05, 4.69) is 31.7 Å². The monoisotopic (exact) mass is 367 g/mol. The molecule has 3 rings (SSSR count). The van der Waals surface area contributed by atoms with Crippen molar-refractivity contribution >= 4 is 29.2 Å². The number of benzene rings is 1. The molecule has 1 aromatic carbocycles. The lowest BCUT2D eigenvalue weighted by molar-refractivity contribution is 0.292. The van der Waals surface area contributed by atoms with E-state index in [9.17, 15) is 0 Å². The molecule has 0 fully saturated rings. The first-order valence-corrected chi connectivity index (χ1v) is 9.57. The van der Waals surface area contributed by atoms with Gasteiger partial charge in [0.05, 0.1) is 11.4 Å². The van der Waals surface area contributed by atoms with Crippen LogP contribution < -0.4 is 10.6 Å². The van der Waals surface area contributed by atoms with Crippen LogP contribution in [0.4, 0.5) is 17.5 Å². The predicted octanol–water partition coefficient (Wildman–Crippen LogP) is 3.80. The van der Waals surface area contributed by atoms with Crippen molar-refractivity contribution in [2.24, 2.45) is 0 Å². The Morgan fingerprint density at radius 1 is 1.08 bits per heavy atom. The van der Waals surface area contributed by atoms with Gasteiger partial charge >= 0.3 is 0 Å². The highest BCUT2D eigenvalue weighted by Crippen LogP contribution is 2.29. The summed E-state index contributed by atoms with van der Waals surface area (Å²) in [5.74, 6) is 1.23. The van der Waals surface area contributed by atoms with E-state index in [4.69, 9.17) is 5.11 Å². The van der Waals surface area contributed by atoms with Crippen LogP contribution in [-0.4, -0.2) is 39.5 Å². The molecule has 0 aliphatic rings. The van der Waals surface area contributed by atoms with Gasteiger partial charge in [0.25, 0.3) is 0 Å². The third-order valence-corrected chi connectivity index (χ3v) is 4.49. The quantitative estimate of drug-likeness (QED) is 0.412. The molecule has 3 N–H and O–H groups in total. The zero-order valence-corrected chi connectivity index (χ0v) is 15.3. The average Bonchev–Trinajstić information content (AvgIpc) is 2.69. The smallest absolute Gasteiger partial charge is 0.225 e. The van der Waals surface area contributed by atoms with Gasteiger partial charge in [0.15, 0.2) is 0 Å². The maximum absolute atomic E-state index is 8.98. The second-order valence-electron chi connectivity index (χ2n) is 5.53. The molecule has 0 aliphatic carbocycles. The van der Waals surface area contributed by atoms with E-state index in [0.717, 1.165) is 21.8 Å². The summed E-state index contributed by atoms with van der Waals surface area (Å²) in [4.78, 5) is 14.4. The average molecular weight is 367 g/mol. The number of aliphatic hydroxyl groups is 1. The fraction of sp³-hybridized carbons (Fsp3) is 0.211. The molecule has 0 unspecified atom stereocenters. The lowest BCUT2D eigenvalue weighted by atomic mass is 10.2. The van der Waals surface area contributed by atoms with Crippen molar-refractivity contribution in [3.05, 3.63) is 54.9 Å². The number of nitrogens with one attached hydrogen (secondary N) is 2. The first-order valence-electron chi connectivity index (χ1n) is 8.34. The van der Waals surface area contributed by atoms with Gasteiger partial charge in [-0.05, 0) is 36.9 Å². The van der Waals surface area contributed by atoms with Crippen molar-refractivity contribution in [3.63, 3.8) is 0 Å². The Morgan fingerprint density at radius 2 is 1.88 bits per heavy atom. The Bertz CT molecular complexity index is 844. The molecule has 2 aromatic heterocycles. The molecule has 26 heavy (non-hydrogen) atoms. The number of rotatable bonds is 8. The van der Waals surface area contributed by atoms with Crippen molar-refractivity contribution in [1.29, 1.82) is 0 Å². The Kier molecular flexibility index (Phi) is 6.40. The van der Waals surface area contributed by atoms with E-state index < -0.39 is 0 Å². The highest BCUT2D eigenvalue weighted by molar-refractivity contribution is 7.98. The normalized spacial score (nSPS) is 10.5. The number of hydrogen-bond acceptors (Lipinski definition) is 7. The lowest BCUT2D eigenvalue weighted by Crippen LogP contribution is -2.09. The molecule has 0 radical (unpaired) electrons. The van der Waals surface area contributed by atoms with Crippen molar-refractivity contribution < 1.29 is 5.11 Å². The Hall–Kier alpha value is -2.64. The van der Waals surface area contributed by atoms with E-state index in [1.54, 1.807) is 24.2 Å². The summed E-state index contributed by atoms with van der Waals surface area (Å²) in [6.07, 6.45) is 6.17. The molecule has 6 nitrogen and oxygen atoms in total. The summed E-state index contributed by atoms with van der Waals surface area (Å²) in [6.45, 7) is 0.736. The number of hydrogen-bond donors (Lipinski definition) is 3. The highest BCUT2D eigenvalue weighted by atomic mass is 32.2. The van der Waals surface area contributed by atoms with Crippen LogP contribution in [-0.2, 0) is 0 Å². The number of para-hydroxylation sites is 1. The van der Waals surface area contributed by atoms with Gasteiger partial charge in [-0.25, -0.2) is 4.98 Å². The molecule has 0 aliphatic heterocycles. The molecule has 0 atom stereocenters. The number of anilines is 3.